The molecule has 2 aromatic heterocycles. The van der Waals surface area contributed by atoms with E-state index in [4.69, 9.17) is 0 Å². The molecule has 0 bridgehead atoms. The minimum absolute atomic E-state index is 0.778. The van der Waals surface area contributed by atoms with Crippen molar-refractivity contribution in [3.63, 3.8) is 0 Å². The molecule has 0 unspecified atom stereocenters. The van der Waals surface area contributed by atoms with Crippen LogP contribution < -0.4 is 0 Å². The first-order chi connectivity index (χ1) is 7.50. The Morgan fingerprint density at radius 1 is 1.20 bits per heavy atom. The molecular weight excluding hydrogens is 196 g/mol. The topological polar surface area (TPSA) is 76.3 Å². The van der Waals surface area contributed by atoms with Crippen molar-refractivity contribution in [2.24, 2.45) is 4.99 Å². The molecule has 0 saturated carbocycles. The zero-order valence-electron chi connectivity index (χ0n) is 8.11. The Labute approximate surface area is 87.0 Å². The van der Waals surface area contributed by atoms with Gasteiger partial charge in [-0.25, -0.2) is 9.97 Å². The first-order valence-electron chi connectivity index (χ1n) is 4.35. The predicted molar refractivity (Wildman–Crippen MR) is 54.4 cm³/mol. The number of imidazole rings is 1. The molecule has 0 radical (unpaired) electrons. The van der Waals surface area contributed by atoms with Crippen LogP contribution >= 0.6 is 0 Å². The van der Waals surface area contributed by atoms with Gasteiger partial charge in [-0.05, 0) is 0 Å². The molecule has 0 fully saturated rings. The average molecular weight is 208 g/mol. The van der Waals surface area contributed by atoms with Crippen LogP contribution in [0.1, 0.15) is 0 Å². The summed E-state index contributed by atoms with van der Waals surface area (Å²) in [4.78, 5) is 13.7. The highest BCUT2D eigenvalue weighted by molar-refractivity contribution is 5.47. The van der Waals surface area contributed by atoms with Gasteiger partial charge in [-0.3, -0.25) is 4.99 Å². The van der Waals surface area contributed by atoms with Crippen LogP contribution in [-0.2, 0) is 4.74 Å². The molecule has 1 aliphatic rings. The van der Waals surface area contributed by atoms with Crippen molar-refractivity contribution in [2.75, 3.05) is 13.2 Å². The summed E-state index contributed by atoms with van der Waals surface area (Å²) in [6.07, 6.45) is 11.0. The van der Waals surface area contributed by atoms with Gasteiger partial charge in [0, 0.05) is 12.4 Å². The molecule has 3 heterocycles. The number of rotatable bonds is 0. The van der Waals surface area contributed by atoms with Crippen LogP contribution in [0.3, 0.4) is 0 Å². The lowest BCUT2D eigenvalue weighted by atomic mass is 10.8. The van der Waals surface area contributed by atoms with E-state index in [1.807, 2.05) is 0 Å². The third kappa shape index (κ3) is 7.00. The van der Waals surface area contributed by atoms with Gasteiger partial charge in [-0.15, -0.1) is 0 Å². The number of aromatic nitrogens is 3. The number of aliphatic imine (C=N–C) groups is 1. The Morgan fingerprint density at radius 2 is 2.20 bits per heavy atom. The third-order valence-corrected chi connectivity index (χ3v) is 1.24. The molecule has 6 heteroatoms. The van der Waals surface area contributed by atoms with E-state index in [0.29, 0.717) is 0 Å². The van der Waals surface area contributed by atoms with Crippen molar-refractivity contribution in [2.45, 2.75) is 0 Å². The van der Waals surface area contributed by atoms with E-state index >= 15 is 0 Å². The van der Waals surface area contributed by atoms with Crippen molar-refractivity contribution >= 4 is 6.40 Å². The van der Waals surface area contributed by atoms with Crippen LogP contribution in [0, 0.1) is 0 Å². The number of nitrogens with one attached hydrogen (secondary N) is 1. The molecule has 1 aliphatic heterocycles. The highest BCUT2D eigenvalue weighted by Crippen LogP contribution is 1.78. The molecule has 0 spiro atoms. The van der Waals surface area contributed by atoms with E-state index in [0.717, 1.165) is 13.2 Å². The smallest absolute Gasteiger partial charge is 0.180 e. The Balaban J connectivity index is 0.000000112. The first kappa shape index (κ1) is 11.0. The van der Waals surface area contributed by atoms with E-state index in [1.165, 1.54) is 19.1 Å². The number of hydrogen-bond donors (Lipinski definition) is 1. The fourth-order valence-electron chi connectivity index (χ4n) is 0.654. The minimum atomic E-state index is 0.778. The molecule has 0 atom stereocenters. The van der Waals surface area contributed by atoms with Crippen LogP contribution in [0.2, 0.25) is 0 Å². The van der Waals surface area contributed by atoms with Crippen LogP contribution in [0.5, 0.6) is 0 Å². The second kappa shape index (κ2) is 8.49. The Kier molecular flexibility index (Phi) is 6.21. The molecular formula is C9H12N4O2. The van der Waals surface area contributed by atoms with Crippen LogP contribution in [0.25, 0.3) is 0 Å². The van der Waals surface area contributed by atoms with Crippen molar-refractivity contribution in [1.82, 2.24) is 15.0 Å². The number of H-pyrrole nitrogens is 1. The zero-order chi connectivity index (χ0) is 10.6. The molecule has 0 saturated heterocycles. The highest BCUT2D eigenvalue weighted by atomic mass is 16.5. The van der Waals surface area contributed by atoms with Gasteiger partial charge >= 0.3 is 0 Å². The van der Waals surface area contributed by atoms with Gasteiger partial charge in [-0.1, -0.05) is 0 Å². The fraction of sp³-hybridized carbons (Fsp3) is 0.222. The quantitative estimate of drug-likeness (QED) is 0.704. The van der Waals surface area contributed by atoms with Gasteiger partial charge < -0.3 is 14.1 Å². The number of nitrogens with zero attached hydrogens (tertiary/aromatic N) is 3. The van der Waals surface area contributed by atoms with E-state index in [-0.39, 0.29) is 0 Å². The Hall–Kier alpha value is -2.11. The predicted octanol–water partition coefficient (Wildman–Crippen LogP) is 1.13. The summed E-state index contributed by atoms with van der Waals surface area (Å²) in [7, 11) is 0. The SMILES string of the molecule is C1=NCCO1.c1c[nH]cn1.c1cocn1. The number of ether oxygens (including phenoxy) is 1. The standard InChI is InChI=1S/C3H4N2.C3H5NO.C3H3NO/c3*1-2-5-3-4-1/h1-3H,(H,4,5);3H,1-2H2;1-3H. The highest BCUT2D eigenvalue weighted by Gasteiger charge is 1.84. The second-order valence-corrected chi connectivity index (χ2v) is 2.32. The van der Waals surface area contributed by atoms with Gasteiger partial charge in [0.25, 0.3) is 0 Å². The zero-order valence-corrected chi connectivity index (χ0v) is 8.11. The average Bonchev–Trinajstić information content (AvgIpc) is 3.09. The van der Waals surface area contributed by atoms with Gasteiger partial charge in [0.2, 0.25) is 0 Å². The maximum absolute atomic E-state index is 4.65. The first-order valence-corrected chi connectivity index (χ1v) is 4.35. The van der Waals surface area contributed by atoms with E-state index in [9.17, 15) is 0 Å². The Morgan fingerprint density at radius 3 is 2.40 bits per heavy atom. The monoisotopic (exact) mass is 208 g/mol. The van der Waals surface area contributed by atoms with E-state index in [2.05, 4.69) is 29.1 Å². The molecule has 1 N–H and O–H groups in total. The summed E-state index contributed by atoms with van der Waals surface area (Å²) >= 11 is 0. The van der Waals surface area contributed by atoms with E-state index in [1.54, 1.807) is 24.9 Å². The maximum atomic E-state index is 4.65. The summed E-state index contributed by atoms with van der Waals surface area (Å²) < 4.78 is 9.12. The van der Waals surface area contributed by atoms with Crippen molar-refractivity contribution in [3.05, 3.63) is 37.6 Å². The van der Waals surface area contributed by atoms with Gasteiger partial charge in [0.1, 0.15) is 12.9 Å². The largest absolute Gasteiger partial charge is 0.482 e. The molecule has 15 heavy (non-hydrogen) atoms. The molecule has 0 amide bonds. The van der Waals surface area contributed by atoms with Crippen molar-refractivity contribution in [1.29, 1.82) is 0 Å². The van der Waals surface area contributed by atoms with Crippen molar-refractivity contribution < 1.29 is 9.15 Å². The summed E-state index contributed by atoms with van der Waals surface area (Å²) in [6, 6.07) is 0. The number of oxazole rings is 1. The molecule has 3 rings (SSSR count). The second-order valence-electron chi connectivity index (χ2n) is 2.32. The molecule has 0 aliphatic carbocycles. The Bertz CT molecular complexity index is 251. The normalized spacial score (nSPS) is 11.7. The lowest BCUT2D eigenvalue weighted by Crippen LogP contribution is -1.80. The maximum Gasteiger partial charge on any atom is 0.180 e. The molecule has 6 nitrogen and oxygen atoms in total. The van der Waals surface area contributed by atoms with Gasteiger partial charge in [0.05, 0.1) is 19.1 Å². The minimum Gasteiger partial charge on any atom is -0.482 e. The van der Waals surface area contributed by atoms with Gasteiger partial charge in [-0.2, -0.15) is 0 Å². The number of aromatic amines is 1. The van der Waals surface area contributed by atoms with Crippen LogP contribution in [-0.4, -0.2) is 34.5 Å². The summed E-state index contributed by atoms with van der Waals surface area (Å²) in [5.74, 6) is 0. The number of hydrogen-bond acceptors (Lipinski definition) is 5. The lowest BCUT2D eigenvalue weighted by molar-refractivity contribution is 0.361. The summed E-state index contributed by atoms with van der Waals surface area (Å²) in [5, 5.41) is 0. The van der Waals surface area contributed by atoms with Gasteiger partial charge in [0.15, 0.2) is 12.8 Å². The summed E-state index contributed by atoms with van der Waals surface area (Å²) in [5.41, 5.74) is 0. The molecule has 80 valence electrons. The van der Waals surface area contributed by atoms with Crippen LogP contribution in [0.4, 0.5) is 0 Å². The summed E-state index contributed by atoms with van der Waals surface area (Å²) in [6.45, 7) is 1.62. The lowest BCUT2D eigenvalue weighted by Gasteiger charge is -1.76. The molecule has 2 aromatic rings. The van der Waals surface area contributed by atoms with E-state index < -0.39 is 0 Å². The van der Waals surface area contributed by atoms with Crippen molar-refractivity contribution in [3.8, 4) is 0 Å². The fourth-order valence-corrected chi connectivity index (χ4v) is 0.654. The molecule has 0 aromatic carbocycles. The third-order valence-electron chi connectivity index (χ3n) is 1.24. The van der Waals surface area contributed by atoms with Crippen LogP contribution in [0.15, 0.2) is 47.0 Å².